The third-order valence-corrected chi connectivity index (χ3v) is 6.49. The van der Waals surface area contributed by atoms with Crippen molar-refractivity contribution < 1.29 is 0 Å². The number of nitrogens with zero attached hydrogens (tertiary/aromatic N) is 1. The van der Waals surface area contributed by atoms with Crippen molar-refractivity contribution in [3.8, 4) is 0 Å². The first kappa shape index (κ1) is 21.8. The Kier molecular flexibility index (Phi) is 10.8. The van der Waals surface area contributed by atoms with Gasteiger partial charge in [0, 0.05) is 11.8 Å². The molecule has 2 saturated carbocycles. The first-order valence-electron chi connectivity index (χ1n) is 10.4. The molecule has 1 aromatic carbocycles. The average Bonchev–Trinajstić information content (AvgIpc) is 2.67. The number of rotatable bonds is 6. The van der Waals surface area contributed by atoms with Gasteiger partial charge in [0.1, 0.15) is 0 Å². The van der Waals surface area contributed by atoms with Gasteiger partial charge in [0.25, 0.3) is 0 Å². The fraction of sp³-hybridized carbons (Fsp3) is 0.682. The third-order valence-electron chi connectivity index (χ3n) is 5.50. The Morgan fingerprint density at radius 1 is 0.923 bits per heavy atom. The molecule has 26 heavy (non-hydrogen) atoms. The van der Waals surface area contributed by atoms with E-state index in [0.29, 0.717) is 12.1 Å². The number of benzene rings is 1. The number of hydrogen-bond acceptors (Lipinski definition) is 2. The van der Waals surface area contributed by atoms with Crippen LogP contribution >= 0.6 is 28.7 Å². The topological polar surface area (TPSA) is 24.4 Å². The van der Waals surface area contributed by atoms with Crippen LogP contribution in [0.2, 0.25) is 0 Å². The normalized spacial score (nSPS) is 19.8. The van der Waals surface area contributed by atoms with Gasteiger partial charge in [-0.2, -0.15) is 0 Å². The van der Waals surface area contributed by atoms with E-state index in [0.717, 1.165) is 0 Å². The molecule has 0 saturated heterocycles. The lowest BCUT2D eigenvalue weighted by Gasteiger charge is -2.26. The number of thioether (sulfide) groups is 1. The first-order chi connectivity index (χ1) is 12.4. The predicted octanol–water partition coefficient (Wildman–Crippen LogP) is 6.54. The van der Waals surface area contributed by atoms with E-state index in [1.54, 1.807) is 0 Å². The number of nitrogens with one attached hydrogen (secondary N) is 1. The highest BCUT2D eigenvalue weighted by Gasteiger charge is 2.17. The summed E-state index contributed by atoms with van der Waals surface area (Å²) in [5, 5.41) is 5.06. The third kappa shape index (κ3) is 8.04. The zero-order valence-corrected chi connectivity index (χ0v) is 18.5. The van der Waals surface area contributed by atoms with Crippen LogP contribution in [-0.4, -0.2) is 23.0 Å². The molecule has 2 fully saturated rings. The molecule has 1 N–H and O–H groups in total. The van der Waals surface area contributed by atoms with E-state index in [4.69, 9.17) is 4.99 Å². The highest BCUT2D eigenvalue weighted by Crippen LogP contribution is 2.23. The standard InChI is InChI=1S/C22H34N2S.BrH/c1-4-11-19(12-5-1)13-10-18-25-22(23-20-14-6-2-7-15-20)24-21-16-8-3-9-17-21;/h1,4-5,11-12,20-21H,2-3,6-10,13-18H2,(H,23,24);1H. The molecule has 2 nitrogen and oxygen atoms in total. The van der Waals surface area contributed by atoms with Crippen LogP contribution in [-0.2, 0) is 6.42 Å². The average molecular weight is 440 g/mol. The zero-order valence-electron chi connectivity index (χ0n) is 16.0. The molecule has 0 bridgehead atoms. The summed E-state index contributed by atoms with van der Waals surface area (Å²) < 4.78 is 0. The highest BCUT2D eigenvalue weighted by atomic mass is 79.9. The van der Waals surface area contributed by atoms with Gasteiger partial charge in [-0.15, -0.1) is 17.0 Å². The van der Waals surface area contributed by atoms with Crippen molar-refractivity contribution in [1.29, 1.82) is 0 Å². The number of halogens is 1. The second-order valence-electron chi connectivity index (χ2n) is 7.64. The lowest BCUT2D eigenvalue weighted by molar-refractivity contribution is 0.411. The van der Waals surface area contributed by atoms with Gasteiger partial charge in [0.05, 0.1) is 6.04 Å². The van der Waals surface area contributed by atoms with Crippen LogP contribution in [0, 0.1) is 0 Å². The summed E-state index contributed by atoms with van der Waals surface area (Å²) in [5.74, 6) is 1.17. The first-order valence-corrected chi connectivity index (χ1v) is 11.4. The number of hydrogen-bond donors (Lipinski definition) is 1. The van der Waals surface area contributed by atoms with Gasteiger partial charge >= 0.3 is 0 Å². The lowest BCUT2D eigenvalue weighted by Crippen LogP contribution is -2.35. The molecule has 0 aromatic heterocycles. The van der Waals surface area contributed by atoms with Crippen molar-refractivity contribution in [3.05, 3.63) is 35.9 Å². The Bertz CT molecular complexity index is 508. The van der Waals surface area contributed by atoms with Crippen LogP contribution < -0.4 is 5.32 Å². The summed E-state index contributed by atoms with van der Waals surface area (Å²) in [6, 6.07) is 12.1. The van der Waals surface area contributed by atoms with Crippen molar-refractivity contribution >= 4 is 33.9 Å². The molecular weight excluding hydrogens is 404 g/mol. The second-order valence-corrected chi connectivity index (χ2v) is 8.73. The zero-order chi connectivity index (χ0) is 17.2. The molecule has 0 atom stereocenters. The molecule has 0 aliphatic heterocycles. The van der Waals surface area contributed by atoms with E-state index in [-0.39, 0.29) is 17.0 Å². The summed E-state index contributed by atoms with van der Waals surface area (Å²) in [7, 11) is 0. The summed E-state index contributed by atoms with van der Waals surface area (Å²) in [5.41, 5.74) is 1.45. The second kappa shape index (κ2) is 12.8. The molecule has 2 aliphatic rings. The maximum Gasteiger partial charge on any atom is 0.157 e. The van der Waals surface area contributed by atoms with Crippen molar-refractivity contribution in [3.63, 3.8) is 0 Å². The Balaban J connectivity index is 0.00000243. The van der Waals surface area contributed by atoms with Gasteiger partial charge in [-0.3, -0.25) is 4.99 Å². The quantitative estimate of drug-likeness (QED) is 0.309. The minimum Gasteiger partial charge on any atom is -0.362 e. The van der Waals surface area contributed by atoms with E-state index in [1.165, 1.54) is 93.5 Å². The van der Waals surface area contributed by atoms with Crippen LogP contribution in [0.4, 0.5) is 0 Å². The van der Waals surface area contributed by atoms with Crippen molar-refractivity contribution in [1.82, 2.24) is 5.32 Å². The fourth-order valence-corrected chi connectivity index (χ4v) is 4.96. The van der Waals surface area contributed by atoms with E-state index in [1.807, 2.05) is 11.8 Å². The van der Waals surface area contributed by atoms with E-state index in [9.17, 15) is 0 Å². The number of aryl methyl sites for hydroxylation is 1. The Morgan fingerprint density at radius 2 is 1.58 bits per heavy atom. The summed E-state index contributed by atoms with van der Waals surface area (Å²) in [6.07, 6.45) is 16.0. The molecular formula is C22H35BrN2S. The van der Waals surface area contributed by atoms with Crippen LogP contribution in [0.5, 0.6) is 0 Å². The summed E-state index contributed by atoms with van der Waals surface area (Å²) in [4.78, 5) is 5.14. The summed E-state index contributed by atoms with van der Waals surface area (Å²) >= 11 is 1.97. The van der Waals surface area contributed by atoms with Crippen LogP contribution in [0.1, 0.15) is 76.2 Å². The molecule has 0 unspecified atom stereocenters. The Hall–Kier alpha value is -0.480. The van der Waals surface area contributed by atoms with Crippen molar-refractivity contribution in [2.45, 2.75) is 89.1 Å². The Morgan fingerprint density at radius 3 is 2.27 bits per heavy atom. The smallest absolute Gasteiger partial charge is 0.157 e. The molecule has 146 valence electrons. The maximum absolute atomic E-state index is 5.14. The number of aliphatic imine (C=N–C) groups is 1. The SMILES string of the molecule is Br.c1ccc(CCCSC(=NC2CCCCC2)NC2CCCCC2)cc1. The van der Waals surface area contributed by atoms with Crippen LogP contribution in [0.15, 0.2) is 35.3 Å². The molecule has 4 heteroatoms. The molecule has 0 amide bonds. The van der Waals surface area contributed by atoms with Gasteiger partial charge in [0.15, 0.2) is 5.17 Å². The number of amidine groups is 1. The van der Waals surface area contributed by atoms with E-state index < -0.39 is 0 Å². The predicted molar refractivity (Wildman–Crippen MR) is 122 cm³/mol. The van der Waals surface area contributed by atoms with Crippen molar-refractivity contribution in [2.24, 2.45) is 4.99 Å². The van der Waals surface area contributed by atoms with E-state index in [2.05, 4.69) is 35.6 Å². The monoisotopic (exact) mass is 438 g/mol. The molecule has 1 aromatic rings. The molecule has 2 aliphatic carbocycles. The van der Waals surface area contributed by atoms with Gasteiger partial charge < -0.3 is 5.32 Å². The van der Waals surface area contributed by atoms with Crippen LogP contribution in [0.3, 0.4) is 0 Å². The fourth-order valence-electron chi connectivity index (χ4n) is 4.00. The molecule has 0 radical (unpaired) electrons. The van der Waals surface area contributed by atoms with Gasteiger partial charge in [-0.05, 0) is 44.1 Å². The molecule has 0 spiro atoms. The summed E-state index contributed by atoms with van der Waals surface area (Å²) in [6.45, 7) is 0. The van der Waals surface area contributed by atoms with Gasteiger partial charge in [-0.1, -0.05) is 80.6 Å². The maximum atomic E-state index is 5.14. The largest absolute Gasteiger partial charge is 0.362 e. The molecule has 3 rings (SSSR count). The highest BCUT2D eigenvalue weighted by molar-refractivity contribution is 8.93. The minimum absolute atomic E-state index is 0. The Labute approximate surface area is 174 Å². The minimum atomic E-state index is 0. The van der Waals surface area contributed by atoms with Crippen LogP contribution in [0.25, 0.3) is 0 Å². The molecule has 0 heterocycles. The van der Waals surface area contributed by atoms with Gasteiger partial charge in [0.2, 0.25) is 0 Å². The van der Waals surface area contributed by atoms with Crippen molar-refractivity contribution in [2.75, 3.05) is 5.75 Å². The lowest BCUT2D eigenvalue weighted by atomic mass is 9.95. The van der Waals surface area contributed by atoms with E-state index >= 15 is 0 Å². The van der Waals surface area contributed by atoms with Gasteiger partial charge in [-0.25, -0.2) is 0 Å².